The molecule has 0 aliphatic heterocycles. The van der Waals surface area contributed by atoms with E-state index in [1.165, 1.54) is 11.3 Å². The number of nitrogens with zero attached hydrogens (tertiary/aromatic N) is 1. The van der Waals surface area contributed by atoms with Crippen molar-refractivity contribution < 1.29 is 5.11 Å². The van der Waals surface area contributed by atoms with Gasteiger partial charge in [-0.25, -0.2) is 4.98 Å². The molecule has 1 aromatic heterocycles. The molecule has 0 saturated carbocycles. The van der Waals surface area contributed by atoms with Crippen LogP contribution in [0.25, 0.3) is 0 Å². The molecule has 1 unspecified atom stereocenters. The molecule has 0 amide bonds. The van der Waals surface area contributed by atoms with Crippen molar-refractivity contribution in [3.63, 3.8) is 0 Å². The van der Waals surface area contributed by atoms with E-state index >= 15 is 0 Å². The van der Waals surface area contributed by atoms with E-state index in [1.807, 2.05) is 11.4 Å². The predicted molar refractivity (Wildman–Crippen MR) is 67.2 cm³/mol. The lowest BCUT2D eigenvalue weighted by molar-refractivity contribution is 0.178. The van der Waals surface area contributed by atoms with Crippen LogP contribution in [0.4, 0.5) is 0 Å². The summed E-state index contributed by atoms with van der Waals surface area (Å²) in [5.74, 6) is 0. The molecule has 0 spiro atoms. The van der Waals surface area contributed by atoms with Crippen molar-refractivity contribution in [3.8, 4) is 0 Å². The Kier molecular flexibility index (Phi) is 3.82. The summed E-state index contributed by atoms with van der Waals surface area (Å²) in [4.78, 5) is 4.06. The number of rotatable bonds is 3. The number of halogens is 2. The third-order valence-electron chi connectivity index (χ3n) is 2.15. The molecule has 0 bridgehead atoms. The smallest absolute Gasteiger partial charge is 0.121 e. The SMILES string of the molecule is OC(Cc1ccc(Cl)c(Cl)c1)c1nccs1. The zero-order valence-corrected chi connectivity index (χ0v) is 10.6. The Morgan fingerprint density at radius 1 is 1.31 bits per heavy atom. The molecule has 1 heterocycles. The first kappa shape index (κ1) is 11.9. The van der Waals surface area contributed by atoms with Crippen LogP contribution in [0.5, 0.6) is 0 Å². The maximum absolute atomic E-state index is 9.89. The van der Waals surface area contributed by atoms with Crippen LogP contribution in [0.3, 0.4) is 0 Å². The highest BCUT2D eigenvalue weighted by molar-refractivity contribution is 7.09. The molecule has 2 nitrogen and oxygen atoms in total. The van der Waals surface area contributed by atoms with Crippen LogP contribution in [0.1, 0.15) is 16.7 Å². The van der Waals surface area contributed by atoms with Gasteiger partial charge in [-0.15, -0.1) is 11.3 Å². The summed E-state index contributed by atoms with van der Waals surface area (Å²) in [6.07, 6.45) is 1.58. The molecule has 2 rings (SSSR count). The fraction of sp³-hybridized carbons (Fsp3) is 0.182. The summed E-state index contributed by atoms with van der Waals surface area (Å²) in [5.41, 5.74) is 0.942. The number of hydrogen-bond donors (Lipinski definition) is 1. The van der Waals surface area contributed by atoms with Crippen molar-refractivity contribution in [2.75, 3.05) is 0 Å². The first-order valence-electron chi connectivity index (χ1n) is 4.68. The zero-order valence-electron chi connectivity index (χ0n) is 8.23. The Balaban J connectivity index is 2.12. The van der Waals surface area contributed by atoms with Crippen molar-refractivity contribution in [1.29, 1.82) is 0 Å². The monoisotopic (exact) mass is 273 g/mol. The Hall–Kier alpha value is -0.610. The maximum atomic E-state index is 9.89. The van der Waals surface area contributed by atoms with Crippen LogP contribution in [0.2, 0.25) is 10.0 Å². The van der Waals surface area contributed by atoms with Crippen molar-refractivity contribution in [2.45, 2.75) is 12.5 Å². The van der Waals surface area contributed by atoms with E-state index < -0.39 is 6.10 Å². The van der Waals surface area contributed by atoms with Gasteiger partial charge in [-0.3, -0.25) is 0 Å². The number of aliphatic hydroxyl groups is 1. The topological polar surface area (TPSA) is 33.1 Å². The van der Waals surface area contributed by atoms with Gasteiger partial charge in [-0.05, 0) is 17.7 Å². The summed E-state index contributed by atoms with van der Waals surface area (Å²) in [5, 5.41) is 13.5. The molecule has 16 heavy (non-hydrogen) atoms. The van der Waals surface area contributed by atoms with Crippen molar-refractivity contribution in [3.05, 3.63) is 50.4 Å². The molecule has 1 atom stereocenters. The van der Waals surface area contributed by atoms with Gasteiger partial charge in [0.25, 0.3) is 0 Å². The number of thiazole rings is 1. The van der Waals surface area contributed by atoms with E-state index in [0.717, 1.165) is 5.56 Å². The lowest BCUT2D eigenvalue weighted by atomic mass is 10.1. The van der Waals surface area contributed by atoms with E-state index in [0.29, 0.717) is 21.5 Å². The van der Waals surface area contributed by atoms with Crippen LogP contribution in [0, 0.1) is 0 Å². The van der Waals surface area contributed by atoms with Gasteiger partial charge >= 0.3 is 0 Å². The van der Waals surface area contributed by atoms with E-state index in [9.17, 15) is 5.11 Å². The standard InChI is InChI=1S/C11H9Cl2NOS/c12-8-2-1-7(5-9(8)13)6-10(15)11-14-3-4-16-11/h1-5,10,15H,6H2. The van der Waals surface area contributed by atoms with Gasteiger partial charge in [-0.1, -0.05) is 29.3 Å². The fourth-order valence-electron chi connectivity index (χ4n) is 1.38. The molecule has 0 fully saturated rings. The molecule has 5 heteroatoms. The second kappa shape index (κ2) is 5.15. The second-order valence-corrected chi connectivity index (χ2v) is 5.08. The lowest BCUT2D eigenvalue weighted by Gasteiger charge is -2.08. The van der Waals surface area contributed by atoms with Gasteiger partial charge in [-0.2, -0.15) is 0 Å². The molecule has 84 valence electrons. The maximum Gasteiger partial charge on any atom is 0.121 e. The van der Waals surface area contributed by atoms with E-state index in [2.05, 4.69) is 4.98 Å². The largest absolute Gasteiger partial charge is 0.386 e. The molecular formula is C11H9Cl2NOS. The average Bonchev–Trinajstić information content (AvgIpc) is 2.77. The van der Waals surface area contributed by atoms with Gasteiger partial charge in [0.2, 0.25) is 0 Å². The Labute approximate surface area is 107 Å². The van der Waals surface area contributed by atoms with E-state index in [-0.39, 0.29) is 0 Å². The third-order valence-corrected chi connectivity index (χ3v) is 3.77. The van der Waals surface area contributed by atoms with Crippen LogP contribution < -0.4 is 0 Å². The van der Waals surface area contributed by atoms with Crippen molar-refractivity contribution >= 4 is 34.5 Å². The highest BCUT2D eigenvalue weighted by atomic mass is 35.5. The number of aliphatic hydroxyl groups excluding tert-OH is 1. The van der Waals surface area contributed by atoms with E-state index in [4.69, 9.17) is 23.2 Å². The molecule has 1 N–H and O–H groups in total. The molecule has 0 aliphatic rings. The first-order chi connectivity index (χ1) is 7.66. The minimum absolute atomic E-state index is 0.490. The van der Waals surface area contributed by atoms with Gasteiger partial charge in [0, 0.05) is 18.0 Å². The highest BCUT2D eigenvalue weighted by Crippen LogP contribution is 2.26. The highest BCUT2D eigenvalue weighted by Gasteiger charge is 2.11. The number of aromatic nitrogens is 1. The normalized spacial score (nSPS) is 12.7. The minimum Gasteiger partial charge on any atom is -0.386 e. The summed E-state index contributed by atoms with van der Waals surface area (Å²) in [6.45, 7) is 0. The predicted octanol–water partition coefficient (Wildman–Crippen LogP) is 3.73. The summed E-state index contributed by atoms with van der Waals surface area (Å²) < 4.78 is 0. The van der Waals surface area contributed by atoms with Gasteiger partial charge in [0.1, 0.15) is 11.1 Å². The summed E-state index contributed by atoms with van der Waals surface area (Å²) in [7, 11) is 0. The van der Waals surface area contributed by atoms with Crippen molar-refractivity contribution in [2.24, 2.45) is 0 Å². The molecule has 1 aromatic carbocycles. The lowest BCUT2D eigenvalue weighted by Crippen LogP contribution is -2.01. The van der Waals surface area contributed by atoms with Gasteiger partial charge < -0.3 is 5.11 Å². The number of hydrogen-bond acceptors (Lipinski definition) is 3. The molecule has 2 aromatic rings. The van der Waals surface area contributed by atoms with Crippen molar-refractivity contribution in [1.82, 2.24) is 4.98 Å². The van der Waals surface area contributed by atoms with Gasteiger partial charge in [0.15, 0.2) is 0 Å². The second-order valence-electron chi connectivity index (χ2n) is 3.34. The third kappa shape index (κ3) is 2.74. The van der Waals surface area contributed by atoms with Gasteiger partial charge in [0.05, 0.1) is 10.0 Å². The molecule has 0 saturated heterocycles. The Morgan fingerprint density at radius 2 is 2.12 bits per heavy atom. The van der Waals surface area contributed by atoms with Crippen LogP contribution >= 0.6 is 34.5 Å². The molecule has 0 radical (unpaired) electrons. The summed E-state index contributed by atoms with van der Waals surface area (Å²) in [6, 6.07) is 5.35. The molecular weight excluding hydrogens is 265 g/mol. The van der Waals surface area contributed by atoms with E-state index in [1.54, 1.807) is 18.3 Å². The number of benzene rings is 1. The summed E-state index contributed by atoms with van der Waals surface area (Å²) >= 11 is 13.1. The fourth-order valence-corrected chi connectivity index (χ4v) is 2.32. The molecule has 0 aliphatic carbocycles. The Morgan fingerprint density at radius 3 is 2.75 bits per heavy atom. The zero-order chi connectivity index (χ0) is 11.5. The van der Waals surface area contributed by atoms with Crippen LogP contribution in [-0.4, -0.2) is 10.1 Å². The minimum atomic E-state index is -0.586. The van der Waals surface area contributed by atoms with Crippen LogP contribution in [-0.2, 0) is 6.42 Å². The van der Waals surface area contributed by atoms with Crippen LogP contribution in [0.15, 0.2) is 29.8 Å². The quantitative estimate of drug-likeness (QED) is 0.925. The Bertz CT molecular complexity index is 473. The first-order valence-corrected chi connectivity index (χ1v) is 6.32. The average molecular weight is 274 g/mol.